The molecule has 0 bridgehead atoms. The Bertz CT molecular complexity index is 1180. The van der Waals surface area contributed by atoms with Crippen LogP contribution in [0.4, 0.5) is 0 Å². The predicted octanol–water partition coefficient (Wildman–Crippen LogP) is 5.16. The zero-order chi connectivity index (χ0) is 23.5. The third-order valence-corrected chi connectivity index (χ3v) is 6.16. The van der Waals surface area contributed by atoms with E-state index in [0.29, 0.717) is 46.5 Å². The van der Waals surface area contributed by atoms with Crippen LogP contribution in [0.2, 0.25) is 5.02 Å². The van der Waals surface area contributed by atoms with Crippen LogP contribution in [0.25, 0.3) is 0 Å². The molecule has 1 amide bonds. The molecule has 0 saturated carbocycles. The summed E-state index contributed by atoms with van der Waals surface area (Å²) in [5, 5.41) is 0.521. The van der Waals surface area contributed by atoms with Gasteiger partial charge in [0.15, 0.2) is 23.0 Å². The van der Waals surface area contributed by atoms with E-state index in [2.05, 4.69) is 0 Å². The highest BCUT2D eigenvalue weighted by molar-refractivity contribution is 6.31. The van der Waals surface area contributed by atoms with Crippen molar-refractivity contribution in [1.29, 1.82) is 0 Å². The van der Waals surface area contributed by atoms with Gasteiger partial charge in [0.1, 0.15) is 0 Å². The molecular weight excluding hydrogens is 442 g/mol. The Balaban J connectivity index is 1.88. The monoisotopic (exact) mass is 467 g/mol. The Morgan fingerprint density at radius 1 is 0.848 bits per heavy atom. The Morgan fingerprint density at radius 2 is 1.52 bits per heavy atom. The summed E-state index contributed by atoms with van der Waals surface area (Å²) in [6.07, 6.45) is 0.686. The first-order valence-electron chi connectivity index (χ1n) is 10.5. The van der Waals surface area contributed by atoms with Crippen LogP contribution < -0.4 is 18.9 Å². The number of carbonyl (C=O) groups excluding carboxylic acids is 1. The lowest BCUT2D eigenvalue weighted by Gasteiger charge is -2.38. The van der Waals surface area contributed by atoms with Gasteiger partial charge in [0.2, 0.25) is 0 Å². The molecule has 1 atom stereocenters. The zero-order valence-electron chi connectivity index (χ0n) is 19.1. The lowest BCUT2D eigenvalue weighted by Crippen LogP contribution is -2.40. The molecule has 1 aliphatic heterocycles. The summed E-state index contributed by atoms with van der Waals surface area (Å²) < 4.78 is 22.0. The first-order chi connectivity index (χ1) is 16.0. The van der Waals surface area contributed by atoms with E-state index in [9.17, 15) is 4.79 Å². The van der Waals surface area contributed by atoms with E-state index in [1.807, 2.05) is 35.2 Å². The largest absolute Gasteiger partial charge is 0.493 e. The molecule has 33 heavy (non-hydrogen) atoms. The van der Waals surface area contributed by atoms with Crippen LogP contribution >= 0.6 is 11.6 Å². The van der Waals surface area contributed by atoms with Crippen molar-refractivity contribution in [2.75, 3.05) is 35.0 Å². The number of hydrogen-bond acceptors (Lipinski definition) is 5. The first kappa shape index (κ1) is 22.8. The second-order valence-corrected chi connectivity index (χ2v) is 8.12. The van der Waals surface area contributed by atoms with E-state index in [0.717, 1.165) is 16.7 Å². The highest BCUT2D eigenvalue weighted by Crippen LogP contribution is 2.43. The lowest BCUT2D eigenvalue weighted by atomic mass is 9.87. The minimum Gasteiger partial charge on any atom is -0.493 e. The van der Waals surface area contributed by atoms with Gasteiger partial charge in [-0.2, -0.15) is 0 Å². The van der Waals surface area contributed by atoms with Crippen molar-refractivity contribution in [2.45, 2.75) is 12.5 Å². The summed E-state index contributed by atoms with van der Waals surface area (Å²) in [6.45, 7) is 0.535. The molecule has 6 nitrogen and oxygen atoms in total. The average Bonchev–Trinajstić information content (AvgIpc) is 2.86. The minimum absolute atomic E-state index is 0.0993. The predicted molar refractivity (Wildman–Crippen MR) is 127 cm³/mol. The first-order valence-corrected chi connectivity index (χ1v) is 10.9. The summed E-state index contributed by atoms with van der Waals surface area (Å²) >= 11 is 6.18. The number of fused-ring (bicyclic) bond motifs is 1. The molecule has 0 radical (unpaired) electrons. The molecule has 0 saturated heterocycles. The van der Waals surface area contributed by atoms with Crippen LogP contribution in [0.3, 0.4) is 0 Å². The van der Waals surface area contributed by atoms with Gasteiger partial charge < -0.3 is 23.8 Å². The van der Waals surface area contributed by atoms with Gasteiger partial charge in [0, 0.05) is 17.1 Å². The Kier molecular flexibility index (Phi) is 6.65. The highest BCUT2D eigenvalue weighted by Gasteiger charge is 2.34. The van der Waals surface area contributed by atoms with Gasteiger partial charge >= 0.3 is 0 Å². The van der Waals surface area contributed by atoms with E-state index in [4.69, 9.17) is 30.5 Å². The van der Waals surface area contributed by atoms with Crippen molar-refractivity contribution in [1.82, 2.24) is 4.90 Å². The molecule has 1 heterocycles. The maximum absolute atomic E-state index is 13.7. The Labute approximate surface area is 198 Å². The number of halogens is 1. The second-order valence-electron chi connectivity index (χ2n) is 7.68. The van der Waals surface area contributed by atoms with Gasteiger partial charge in [-0.3, -0.25) is 4.79 Å². The normalized spacial score (nSPS) is 14.9. The van der Waals surface area contributed by atoms with Crippen molar-refractivity contribution >= 4 is 17.5 Å². The van der Waals surface area contributed by atoms with E-state index in [-0.39, 0.29) is 11.9 Å². The van der Waals surface area contributed by atoms with E-state index < -0.39 is 0 Å². The highest BCUT2D eigenvalue weighted by atomic mass is 35.5. The van der Waals surface area contributed by atoms with Gasteiger partial charge in [-0.1, -0.05) is 23.7 Å². The molecule has 3 aromatic carbocycles. The maximum Gasteiger partial charge on any atom is 0.254 e. The molecular formula is C26H26ClNO5. The van der Waals surface area contributed by atoms with Crippen LogP contribution in [0.15, 0.2) is 54.6 Å². The average molecular weight is 468 g/mol. The quantitative estimate of drug-likeness (QED) is 0.501. The summed E-state index contributed by atoms with van der Waals surface area (Å²) in [4.78, 5) is 15.5. The molecule has 7 heteroatoms. The summed E-state index contributed by atoms with van der Waals surface area (Å²) in [7, 11) is 6.42. The summed E-state index contributed by atoms with van der Waals surface area (Å²) in [5.41, 5.74) is 3.51. The van der Waals surface area contributed by atoms with Crippen molar-refractivity contribution < 1.29 is 23.7 Å². The molecule has 1 unspecified atom stereocenters. The number of methoxy groups -OCH3 is 4. The molecule has 0 N–H and O–H groups in total. The third kappa shape index (κ3) is 4.31. The second kappa shape index (κ2) is 9.63. The van der Waals surface area contributed by atoms with Gasteiger partial charge in [0.05, 0.1) is 34.5 Å². The van der Waals surface area contributed by atoms with E-state index >= 15 is 0 Å². The van der Waals surface area contributed by atoms with E-state index in [1.165, 1.54) is 0 Å². The molecule has 172 valence electrons. The fraction of sp³-hybridized carbons (Fsp3) is 0.269. The fourth-order valence-electron chi connectivity index (χ4n) is 4.33. The van der Waals surface area contributed by atoms with Crippen LogP contribution in [0.1, 0.15) is 33.1 Å². The minimum atomic E-state index is -0.361. The van der Waals surface area contributed by atoms with Gasteiger partial charge in [-0.05, 0) is 65.6 Å². The molecule has 3 aromatic rings. The number of carbonyl (C=O) groups is 1. The molecule has 1 aliphatic rings. The topological polar surface area (TPSA) is 57.2 Å². The molecule has 4 rings (SSSR count). The van der Waals surface area contributed by atoms with E-state index in [1.54, 1.807) is 52.7 Å². The number of benzene rings is 3. The fourth-order valence-corrected chi connectivity index (χ4v) is 4.52. The molecule has 0 fully saturated rings. The smallest absolute Gasteiger partial charge is 0.254 e. The van der Waals surface area contributed by atoms with Crippen LogP contribution in [0, 0.1) is 0 Å². The molecule has 0 spiro atoms. The van der Waals surface area contributed by atoms with Gasteiger partial charge in [-0.25, -0.2) is 0 Å². The molecule has 0 aromatic heterocycles. The van der Waals surface area contributed by atoms with Crippen molar-refractivity contribution in [3.8, 4) is 23.0 Å². The van der Waals surface area contributed by atoms with Crippen molar-refractivity contribution in [3.05, 3.63) is 81.9 Å². The van der Waals surface area contributed by atoms with Gasteiger partial charge in [-0.15, -0.1) is 0 Å². The number of rotatable bonds is 6. The number of nitrogens with zero attached hydrogens (tertiary/aromatic N) is 1. The van der Waals surface area contributed by atoms with Crippen LogP contribution in [-0.4, -0.2) is 45.8 Å². The number of hydrogen-bond donors (Lipinski definition) is 0. The SMILES string of the molecule is COc1ccc(C2c3cc(OC)c(OC)cc3CCN2C(=O)c2cccc(Cl)c2)cc1OC. The Hall–Kier alpha value is -3.38. The van der Waals surface area contributed by atoms with Crippen molar-refractivity contribution in [2.24, 2.45) is 0 Å². The summed E-state index contributed by atoms with van der Waals surface area (Å²) in [5.74, 6) is 2.39. The van der Waals surface area contributed by atoms with Crippen molar-refractivity contribution in [3.63, 3.8) is 0 Å². The summed E-state index contributed by atoms with van der Waals surface area (Å²) in [6, 6.07) is 16.3. The van der Waals surface area contributed by atoms with Gasteiger partial charge in [0.25, 0.3) is 5.91 Å². The zero-order valence-corrected chi connectivity index (χ0v) is 19.8. The number of ether oxygens (including phenoxy) is 4. The Morgan fingerprint density at radius 3 is 2.18 bits per heavy atom. The number of amides is 1. The lowest BCUT2D eigenvalue weighted by molar-refractivity contribution is 0.0694. The standard InChI is InChI=1S/C26H26ClNO5/c1-30-21-9-8-17(14-22(21)31-2)25-20-15-24(33-4)23(32-3)13-16(20)10-11-28(25)26(29)18-6-5-7-19(27)12-18/h5-9,12-15,25H,10-11H2,1-4H3. The third-order valence-electron chi connectivity index (χ3n) is 5.93. The van der Waals surface area contributed by atoms with Crippen LogP contribution in [-0.2, 0) is 6.42 Å². The van der Waals surface area contributed by atoms with Crippen LogP contribution in [0.5, 0.6) is 23.0 Å². The molecule has 0 aliphatic carbocycles. The maximum atomic E-state index is 13.7.